The third kappa shape index (κ3) is 2.02. The van der Waals surface area contributed by atoms with E-state index in [0.717, 1.165) is 12.1 Å². The molecule has 0 aliphatic heterocycles. The Kier molecular flexibility index (Phi) is 3.08. The maximum absolute atomic E-state index is 12.9. The van der Waals surface area contributed by atoms with Gasteiger partial charge in [0.1, 0.15) is 0 Å². The Morgan fingerprint density at radius 1 is 1.21 bits per heavy atom. The summed E-state index contributed by atoms with van der Waals surface area (Å²) in [4.78, 5) is 21.2. The number of carbonyl (C=O) groups excluding carboxylic acids is 1. The van der Waals surface area contributed by atoms with Crippen LogP contribution in [-0.2, 0) is 4.79 Å². The summed E-state index contributed by atoms with van der Waals surface area (Å²) in [6.07, 6.45) is 0. The Morgan fingerprint density at radius 3 is 2.00 bits per heavy atom. The minimum atomic E-state index is -1.65. The molecule has 74 valence electrons. The van der Waals surface area contributed by atoms with Gasteiger partial charge in [0.05, 0.1) is 10.0 Å². The van der Waals surface area contributed by atoms with E-state index in [-0.39, 0.29) is 15.6 Å². The van der Waals surface area contributed by atoms with Crippen molar-refractivity contribution in [1.82, 2.24) is 0 Å². The molecule has 0 radical (unpaired) electrons. The summed E-state index contributed by atoms with van der Waals surface area (Å²) >= 11 is 10.7. The maximum Gasteiger partial charge on any atom is 0.377 e. The van der Waals surface area contributed by atoms with Crippen LogP contribution in [0.3, 0.4) is 0 Å². The summed E-state index contributed by atoms with van der Waals surface area (Å²) < 4.78 is 12.9. The fourth-order valence-electron chi connectivity index (χ4n) is 0.810. The van der Waals surface area contributed by atoms with Gasteiger partial charge in [-0.25, -0.2) is 9.18 Å². The molecule has 1 aromatic carbocycles. The van der Waals surface area contributed by atoms with Crippen molar-refractivity contribution in [2.24, 2.45) is 0 Å². The van der Waals surface area contributed by atoms with E-state index in [1.165, 1.54) is 0 Å². The summed E-state index contributed by atoms with van der Waals surface area (Å²) in [5.74, 6) is -3.71. The van der Waals surface area contributed by atoms with Crippen LogP contribution in [-0.4, -0.2) is 16.9 Å². The number of rotatable bonds is 2. The second kappa shape index (κ2) is 3.94. The van der Waals surface area contributed by atoms with E-state index in [2.05, 4.69) is 0 Å². The Bertz CT molecular complexity index is 394. The molecule has 0 fully saturated rings. The maximum atomic E-state index is 12.9. The first kappa shape index (κ1) is 10.9. The van der Waals surface area contributed by atoms with Gasteiger partial charge in [0.2, 0.25) is 0 Å². The molecular formula is C8H3Cl2FO3. The Labute approximate surface area is 88.1 Å². The van der Waals surface area contributed by atoms with Crippen molar-refractivity contribution >= 4 is 35.0 Å². The lowest BCUT2D eigenvalue weighted by Gasteiger charge is -2.00. The van der Waals surface area contributed by atoms with Crippen LogP contribution in [0.15, 0.2) is 12.1 Å². The Balaban J connectivity index is 3.26. The molecule has 0 aromatic heterocycles. The van der Waals surface area contributed by atoms with Gasteiger partial charge in [0, 0.05) is 5.56 Å². The third-order valence-corrected chi connectivity index (χ3v) is 1.99. The normalized spacial score (nSPS) is 9.93. The van der Waals surface area contributed by atoms with Crippen LogP contribution in [0.2, 0.25) is 10.0 Å². The molecule has 0 aliphatic carbocycles. The molecule has 0 amide bonds. The molecule has 0 unspecified atom stereocenters. The number of aliphatic carboxylic acids is 1. The number of carbonyl (C=O) groups is 2. The lowest BCUT2D eigenvalue weighted by atomic mass is 10.1. The second-order valence-corrected chi connectivity index (χ2v) is 3.20. The molecule has 0 heterocycles. The number of Topliss-reactive ketones (excluding diaryl/α,β-unsaturated/α-hetero) is 1. The first-order valence-electron chi connectivity index (χ1n) is 3.35. The van der Waals surface area contributed by atoms with Crippen molar-refractivity contribution in [1.29, 1.82) is 0 Å². The van der Waals surface area contributed by atoms with Crippen LogP contribution >= 0.6 is 23.2 Å². The summed E-state index contributed by atoms with van der Waals surface area (Å²) in [7, 11) is 0. The molecule has 1 aromatic rings. The van der Waals surface area contributed by atoms with Gasteiger partial charge in [0.25, 0.3) is 5.78 Å². The largest absolute Gasteiger partial charge is 0.475 e. The van der Waals surface area contributed by atoms with Crippen LogP contribution < -0.4 is 0 Å². The molecule has 0 bridgehead atoms. The molecule has 1 rings (SSSR count). The van der Waals surface area contributed by atoms with E-state index in [1.807, 2.05) is 0 Å². The van der Waals surface area contributed by atoms with Crippen molar-refractivity contribution in [3.05, 3.63) is 33.6 Å². The number of halogens is 3. The highest BCUT2D eigenvalue weighted by Crippen LogP contribution is 2.24. The number of ketones is 1. The second-order valence-electron chi connectivity index (χ2n) is 2.39. The molecule has 0 atom stereocenters. The van der Waals surface area contributed by atoms with Gasteiger partial charge in [-0.2, -0.15) is 0 Å². The lowest BCUT2D eigenvalue weighted by Crippen LogP contribution is -2.12. The zero-order valence-corrected chi connectivity index (χ0v) is 8.06. The molecule has 14 heavy (non-hydrogen) atoms. The first-order chi connectivity index (χ1) is 6.43. The average Bonchev–Trinajstić information content (AvgIpc) is 2.12. The monoisotopic (exact) mass is 236 g/mol. The van der Waals surface area contributed by atoms with Gasteiger partial charge in [0.15, 0.2) is 5.82 Å². The molecule has 0 spiro atoms. The van der Waals surface area contributed by atoms with Gasteiger partial charge in [-0.15, -0.1) is 0 Å². The quantitative estimate of drug-likeness (QED) is 0.488. The van der Waals surface area contributed by atoms with Crippen LogP contribution in [0.4, 0.5) is 4.39 Å². The molecule has 0 saturated carbocycles. The fraction of sp³-hybridized carbons (Fsp3) is 0. The smallest absolute Gasteiger partial charge is 0.377 e. The number of benzene rings is 1. The minimum Gasteiger partial charge on any atom is -0.475 e. The standard InChI is InChI=1S/C8H3Cl2FO3/c9-4-1-3(7(12)8(13)14)2-5(10)6(4)11/h1-2H,(H,13,14). The summed E-state index contributed by atoms with van der Waals surface area (Å²) in [6, 6.07) is 1.83. The topological polar surface area (TPSA) is 54.4 Å². The lowest BCUT2D eigenvalue weighted by molar-refractivity contribution is -0.131. The summed E-state index contributed by atoms with van der Waals surface area (Å²) in [6.45, 7) is 0. The van der Waals surface area contributed by atoms with E-state index in [4.69, 9.17) is 28.3 Å². The average molecular weight is 237 g/mol. The predicted molar refractivity (Wildman–Crippen MR) is 48.4 cm³/mol. The van der Waals surface area contributed by atoms with E-state index in [0.29, 0.717) is 0 Å². The zero-order valence-electron chi connectivity index (χ0n) is 6.55. The van der Waals surface area contributed by atoms with Gasteiger partial charge in [-0.3, -0.25) is 4.79 Å². The van der Waals surface area contributed by atoms with Crippen LogP contribution in [0, 0.1) is 5.82 Å². The third-order valence-electron chi connectivity index (χ3n) is 1.44. The fourth-order valence-corrected chi connectivity index (χ4v) is 1.30. The highest BCUT2D eigenvalue weighted by molar-refractivity contribution is 6.42. The molecule has 0 aliphatic rings. The van der Waals surface area contributed by atoms with Crippen molar-refractivity contribution < 1.29 is 19.1 Å². The van der Waals surface area contributed by atoms with Gasteiger partial charge < -0.3 is 5.11 Å². The Hall–Kier alpha value is -1.13. The SMILES string of the molecule is O=C(O)C(=O)c1cc(Cl)c(F)c(Cl)c1. The number of carboxylic acids is 1. The van der Waals surface area contributed by atoms with Crippen molar-refractivity contribution in [2.45, 2.75) is 0 Å². The predicted octanol–water partition coefficient (Wildman–Crippen LogP) is 2.40. The molecule has 1 N–H and O–H groups in total. The van der Waals surface area contributed by atoms with Crippen LogP contribution in [0.1, 0.15) is 10.4 Å². The van der Waals surface area contributed by atoms with Crippen molar-refractivity contribution in [3.63, 3.8) is 0 Å². The first-order valence-corrected chi connectivity index (χ1v) is 4.11. The van der Waals surface area contributed by atoms with E-state index < -0.39 is 17.6 Å². The minimum absolute atomic E-state index is 0.256. The van der Waals surface area contributed by atoms with E-state index in [9.17, 15) is 14.0 Å². The van der Waals surface area contributed by atoms with Gasteiger partial charge in [-0.1, -0.05) is 23.2 Å². The number of hydrogen-bond donors (Lipinski definition) is 1. The van der Waals surface area contributed by atoms with Gasteiger partial charge >= 0.3 is 5.97 Å². The zero-order chi connectivity index (χ0) is 10.9. The van der Waals surface area contributed by atoms with Crippen LogP contribution in [0.25, 0.3) is 0 Å². The molecule has 6 heteroatoms. The Morgan fingerprint density at radius 2 is 1.64 bits per heavy atom. The van der Waals surface area contributed by atoms with Crippen molar-refractivity contribution in [3.8, 4) is 0 Å². The van der Waals surface area contributed by atoms with E-state index >= 15 is 0 Å². The van der Waals surface area contributed by atoms with Crippen molar-refractivity contribution in [2.75, 3.05) is 0 Å². The molecule has 3 nitrogen and oxygen atoms in total. The van der Waals surface area contributed by atoms with Gasteiger partial charge in [-0.05, 0) is 12.1 Å². The molecular weight excluding hydrogens is 234 g/mol. The summed E-state index contributed by atoms with van der Waals surface area (Å²) in [5.41, 5.74) is -0.256. The van der Waals surface area contributed by atoms with E-state index in [1.54, 1.807) is 0 Å². The highest BCUT2D eigenvalue weighted by atomic mass is 35.5. The number of hydrogen-bond acceptors (Lipinski definition) is 2. The summed E-state index contributed by atoms with van der Waals surface area (Å²) in [5, 5.41) is 7.58. The molecule has 0 saturated heterocycles. The highest BCUT2D eigenvalue weighted by Gasteiger charge is 2.18. The number of carboxylic acid groups (broad SMARTS) is 1. The van der Waals surface area contributed by atoms with Crippen LogP contribution in [0.5, 0.6) is 0 Å².